The van der Waals surface area contributed by atoms with Crippen LogP contribution < -0.4 is 5.73 Å². The van der Waals surface area contributed by atoms with E-state index >= 15 is 0 Å². The molecular weight excluding hydrogens is 236 g/mol. The van der Waals surface area contributed by atoms with Crippen LogP contribution in [-0.2, 0) is 13.1 Å². The second-order valence-corrected chi connectivity index (χ2v) is 6.16. The fraction of sp³-hybridized carbons (Fsp3) is 0.750. The molecule has 19 heavy (non-hydrogen) atoms. The molecule has 3 heteroatoms. The molecule has 0 atom stereocenters. The molecule has 1 heterocycles. The van der Waals surface area contributed by atoms with Crippen molar-refractivity contribution >= 4 is 0 Å². The first-order valence-electron chi connectivity index (χ1n) is 7.70. The lowest BCUT2D eigenvalue weighted by atomic mass is 10.1. The molecule has 0 amide bonds. The van der Waals surface area contributed by atoms with Crippen LogP contribution >= 0.6 is 0 Å². The van der Waals surface area contributed by atoms with Crippen LogP contribution in [-0.4, -0.2) is 17.5 Å². The van der Waals surface area contributed by atoms with Crippen LogP contribution in [0.5, 0.6) is 0 Å². The maximum Gasteiger partial charge on any atom is 0.121 e. The topological polar surface area (TPSA) is 42.4 Å². The quantitative estimate of drug-likeness (QED) is 0.819. The van der Waals surface area contributed by atoms with Gasteiger partial charge in [0.2, 0.25) is 0 Å². The molecule has 0 aromatic carbocycles. The molecule has 1 aromatic rings. The van der Waals surface area contributed by atoms with Crippen molar-refractivity contribution in [2.24, 2.45) is 11.7 Å². The van der Waals surface area contributed by atoms with Gasteiger partial charge in [-0.1, -0.05) is 26.7 Å². The van der Waals surface area contributed by atoms with E-state index in [1.54, 1.807) is 6.26 Å². The zero-order valence-corrected chi connectivity index (χ0v) is 12.4. The van der Waals surface area contributed by atoms with E-state index in [1.807, 2.05) is 0 Å². The predicted molar refractivity (Wildman–Crippen MR) is 78.7 cm³/mol. The molecule has 108 valence electrons. The van der Waals surface area contributed by atoms with Crippen molar-refractivity contribution in [2.45, 2.75) is 65.1 Å². The van der Waals surface area contributed by atoms with Gasteiger partial charge in [0.25, 0.3) is 0 Å². The van der Waals surface area contributed by atoms with E-state index in [4.69, 9.17) is 10.2 Å². The Morgan fingerprint density at radius 3 is 2.74 bits per heavy atom. The third kappa shape index (κ3) is 4.08. The Kier molecular flexibility index (Phi) is 5.46. The molecule has 0 radical (unpaired) electrons. The third-order valence-electron chi connectivity index (χ3n) is 4.23. The highest BCUT2D eigenvalue weighted by atomic mass is 16.3. The first-order valence-corrected chi connectivity index (χ1v) is 7.70. The van der Waals surface area contributed by atoms with Crippen molar-refractivity contribution < 1.29 is 4.42 Å². The van der Waals surface area contributed by atoms with E-state index in [9.17, 15) is 0 Å². The summed E-state index contributed by atoms with van der Waals surface area (Å²) in [5.41, 5.74) is 7.01. The van der Waals surface area contributed by atoms with E-state index in [2.05, 4.69) is 24.8 Å². The van der Waals surface area contributed by atoms with Crippen molar-refractivity contribution in [3.63, 3.8) is 0 Å². The lowest BCUT2D eigenvalue weighted by Gasteiger charge is -2.29. The van der Waals surface area contributed by atoms with Crippen molar-refractivity contribution in [3.8, 4) is 0 Å². The Hall–Kier alpha value is -0.800. The van der Waals surface area contributed by atoms with E-state index < -0.39 is 0 Å². The average molecular weight is 264 g/mol. The molecule has 1 aromatic heterocycles. The van der Waals surface area contributed by atoms with E-state index in [-0.39, 0.29) is 0 Å². The summed E-state index contributed by atoms with van der Waals surface area (Å²) >= 11 is 0. The molecule has 0 unspecified atom stereocenters. The minimum Gasteiger partial charge on any atom is -0.468 e. The molecular formula is C16H28N2O. The summed E-state index contributed by atoms with van der Waals surface area (Å²) in [5, 5.41) is 0. The van der Waals surface area contributed by atoms with Crippen LogP contribution in [0.2, 0.25) is 0 Å². The highest BCUT2D eigenvalue weighted by Crippen LogP contribution is 2.26. The molecule has 2 rings (SSSR count). The summed E-state index contributed by atoms with van der Waals surface area (Å²) in [6.07, 6.45) is 8.52. The molecule has 0 saturated heterocycles. The van der Waals surface area contributed by atoms with Crippen molar-refractivity contribution in [3.05, 3.63) is 23.7 Å². The van der Waals surface area contributed by atoms with Crippen LogP contribution in [0.15, 0.2) is 16.7 Å². The van der Waals surface area contributed by atoms with Crippen LogP contribution in [0.1, 0.15) is 57.3 Å². The van der Waals surface area contributed by atoms with Gasteiger partial charge in [0.05, 0.1) is 12.8 Å². The van der Waals surface area contributed by atoms with Gasteiger partial charge in [0, 0.05) is 18.2 Å². The maximum absolute atomic E-state index is 5.73. The second-order valence-electron chi connectivity index (χ2n) is 6.16. The van der Waals surface area contributed by atoms with Gasteiger partial charge in [0.15, 0.2) is 0 Å². The van der Waals surface area contributed by atoms with Crippen LogP contribution in [0.3, 0.4) is 0 Å². The number of furan rings is 1. The summed E-state index contributed by atoms with van der Waals surface area (Å²) in [4.78, 5) is 2.65. The van der Waals surface area contributed by atoms with Gasteiger partial charge in [-0.2, -0.15) is 0 Å². The average Bonchev–Trinajstić information content (AvgIpc) is 3.04. The third-order valence-corrected chi connectivity index (χ3v) is 4.23. The minimum absolute atomic E-state index is 0.505. The zero-order chi connectivity index (χ0) is 13.7. The largest absolute Gasteiger partial charge is 0.468 e. The summed E-state index contributed by atoms with van der Waals surface area (Å²) in [5.74, 6) is 1.72. The smallest absolute Gasteiger partial charge is 0.121 e. The molecule has 0 aliphatic heterocycles. The summed E-state index contributed by atoms with van der Waals surface area (Å²) in [7, 11) is 0. The summed E-state index contributed by atoms with van der Waals surface area (Å²) in [6, 6.07) is 2.85. The van der Waals surface area contributed by atoms with Gasteiger partial charge >= 0.3 is 0 Å². The van der Waals surface area contributed by atoms with Crippen LogP contribution in [0, 0.1) is 5.92 Å². The van der Waals surface area contributed by atoms with E-state index in [1.165, 1.54) is 44.2 Å². The summed E-state index contributed by atoms with van der Waals surface area (Å²) in [6.45, 7) is 7.30. The fourth-order valence-corrected chi connectivity index (χ4v) is 2.99. The lowest BCUT2D eigenvalue weighted by molar-refractivity contribution is 0.178. The molecule has 1 saturated carbocycles. The molecule has 2 N–H and O–H groups in total. The highest BCUT2D eigenvalue weighted by Gasteiger charge is 2.23. The van der Waals surface area contributed by atoms with Gasteiger partial charge < -0.3 is 10.2 Å². The number of hydrogen-bond acceptors (Lipinski definition) is 3. The van der Waals surface area contributed by atoms with Gasteiger partial charge in [-0.3, -0.25) is 4.90 Å². The molecule has 1 aliphatic carbocycles. The van der Waals surface area contributed by atoms with Crippen molar-refractivity contribution in [2.75, 3.05) is 6.54 Å². The zero-order valence-electron chi connectivity index (χ0n) is 12.4. The first-order chi connectivity index (χ1) is 9.20. The van der Waals surface area contributed by atoms with Gasteiger partial charge in [-0.05, 0) is 37.8 Å². The number of hydrogen-bond donors (Lipinski definition) is 1. The second kappa shape index (κ2) is 7.11. The molecule has 1 fully saturated rings. The monoisotopic (exact) mass is 264 g/mol. The maximum atomic E-state index is 5.73. The molecule has 3 nitrogen and oxygen atoms in total. The Bertz CT molecular complexity index is 367. The standard InChI is InChI=1S/C16H28N2O/c1-13(2)7-9-18(15-5-3-4-6-15)12-14-8-10-19-16(14)11-17/h8,10,13,15H,3-7,9,11-12,17H2,1-2H3. The SMILES string of the molecule is CC(C)CCN(Cc1ccoc1CN)C1CCCC1. The Morgan fingerprint density at radius 2 is 2.11 bits per heavy atom. The molecule has 0 bridgehead atoms. The Balaban J connectivity index is 1.99. The van der Waals surface area contributed by atoms with E-state index in [0.717, 1.165) is 24.3 Å². The minimum atomic E-state index is 0.505. The highest BCUT2D eigenvalue weighted by molar-refractivity contribution is 5.16. The molecule has 1 aliphatic rings. The molecule has 0 spiro atoms. The predicted octanol–water partition coefficient (Wildman–Crippen LogP) is 3.53. The van der Waals surface area contributed by atoms with Crippen LogP contribution in [0.4, 0.5) is 0 Å². The Labute approximate surface area is 117 Å². The number of nitrogens with two attached hydrogens (primary N) is 1. The lowest BCUT2D eigenvalue weighted by Crippen LogP contribution is -2.34. The van der Waals surface area contributed by atoms with Crippen molar-refractivity contribution in [1.82, 2.24) is 4.90 Å². The number of rotatable bonds is 7. The van der Waals surface area contributed by atoms with Gasteiger partial charge in [0.1, 0.15) is 5.76 Å². The summed E-state index contributed by atoms with van der Waals surface area (Å²) < 4.78 is 5.45. The van der Waals surface area contributed by atoms with Gasteiger partial charge in [-0.15, -0.1) is 0 Å². The fourth-order valence-electron chi connectivity index (χ4n) is 2.99. The van der Waals surface area contributed by atoms with Crippen LogP contribution in [0.25, 0.3) is 0 Å². The van der Waals surface area contributed by atoms with E-state index in [0.29, 0.717) is 6.54 Å². The first kappa shape index (κ1) is 14.6. The van der Waals surface area contributed by atoms with Gasteiger partial charge in [-0.25, -0.2) is 0 Å². The Morgan fingerprint density at radius 1 is 1.37 bits per heavy atom. The number of nitrogens with zero attached hydrogens (tertiary/aromatic N) is 1. The normalized spacial score (nSPS) is 16.9. The van der Waals surface area contributed by atoms with Crippen molar-refractivity contribution in [1.29, 1.82) is 0 Å².